The van der Waals surface area contributed by atoms with E-state index in [1.807, 2.05) is 38.1 Å². The van der Waals surface area contributed by atoms with E-state index in [-0.39, 0.29) is 30.1 Å². The highest BCUT2D eigenvalue weighted by molar-refractivity contribution is 5.89. The molecule has 5 heteroatoms. The second kappa shape index (κ2) is 7.19. The molecule has 2 aromatic rings. The van der Waals surface area contributed by atoms with E-state index in [0.717, 1.165) is 18.6 Å². The zero-order valence-electron chi connectivity index (χ0n) is 19.4. The van der Waals surface area contributed by atoms with Gasteiger partial charge in [-0.2, -0.15) is 0 Å². The molecule has 0 bridgehead atoms. The van der Waals surface area contributed by atoms with E-state index in [1.165, 1.54) is 5.56 Å². The van der Waals surface area contributed by atoms with Crippen LogP contribution in [-0.2, 0) is 11.2 Å². The van der Waals surface area contributed by atoms with Crippen molar-refractivity contribution in [2.75, 3.05) is 0 Å². The lowest BCUT2D eigenvalue weighted by Gasteiger charge is -2.67. The summed E-state index contributed by atoms with van der Waals surface area (Å²) in [5.41, 5.74) is -0.620. The van der Waals surface area contributed by atoms with Gasteiger partial charge in [-0.05, 0) is 54.4 Å². The van der Waals surface area contributed by atoms with Gasteiger partial charge in [0.2, 0.25) is 0 Å². The first kappa shape index (κ1) is 21.7. The van der Waals surface area contributed by atoms with Crippen molar-refractivity contribution in [2.24, 2.45) is 22.7 Å². The number of ether oxygens (including phenoxy) is 1. The van der Waals surface area contributed by atoms with Gasteiger partial charge in [0.05, 0.1) is 23.5 Å². The molecular weight excluding hydrogens is 404 g/mol. The molecule has 0 saturated heterocycles. The van der Waals surface area contributed by atoms with Crippen LogP contribution in [0.3, 0.4) is 0 Å². The van der Waals surface area contributed by atoms with Gasteiger partial charge in [-0.3, -0.25) is 0 Å². The minimum absolute atomic E-state index is 0.0737. The molecule has 0 radical (unpaired) electrons. The fourth-order valence-corrected chi connectivity index (χ4v) is 7.47. The minimum atomic E-state index is -1.18. The van der Waals surface area contributed by atoms with Crippen molar-refractivity contribution in [3.05, 3.63) is 59.5 Å². The van der Waals surface area contributed by atoms with Gasteiger partial charge < -0.3 is 19.4 Å². The van der Waals surface area contributed by atoms with Crippen molar-refractivity contribution >= 4 is 5.97 Å². The summed E-state index contributed by atoms with van der Waals surface area (Å²) in [7, 11) is 0. The second-order valence-electron chi connectivity index (χ2n) is 11.0. The van der Waals surface area contributed by atoms with E-state index in [1.54, 1.807) is 18.4 Å². The Morgan fingerprint density at radius 1 is 1.16 bits per heavy atom. The number of hydrogen-bond donors (Lipinski definition) is 2. The number of furan rings is 1. The number of aliphatic hydroxyl groups is 2. The molecule has 2 fully saturated rings. The normalized spacial score (nSPS) is 40.0. The third-order valence-corrected chi connectivity index (χ3v) is 9.49. The number of benzene rings is 1. The predicted molar refractivity (Wildman–Crippen MR) is 120 cm³/mol. The Morgan fingerprint density at radius 3 is 2.59 bits per heavy atom. The lowest BCUT2D eigenvalue weighted by molar-refractivity contribution is -0.286. The molecule has 32 heavy (non-hydrogen) atoms. The quantitative estimate of drug-likeness (QED) is 0.663. The Hall–Kier alpha value is -2.11. The van der Waals surface area contributed by atoms with E-state index >= 15 is 0 Å². The summed E-state index contributed by atoms with van der Waals surface area (Å²) in [6.45, 7) is 8.32. The molecule has 0 spiro atoms. The zero-order valence-corrected chi connectivity index (χ0v) is 19.4. The highest BCUT2D eigenvalue weighted by Crippen LogP contribution is 2.67. The molecular formula is C27H34O5. The molecule has 5 rings (SSSR count). The fourth-order valence-electron chi connectivity index (χ4n) is 7.47. The van der Waals surface area contributed by atoms with E-state index in [2.05, 4.69) is 13.8 Å². The molecule has 172 valence electrons. The van der Waals surface area contributed by atoms with Crippen molar-refractivity contribution in [3.63, 3.8) is 0 Å². The highest BCUT2D eigenvalue weighted by Gasteiger charge is 2.70. The van der Waals surface area contributed by atoms with Crippen LogP contribution in [0.4, 0.5) is 0 Å². The maximum atomic E-state index is 12.8. The Kier molecular flexibility index (Phi) is 4.88. The molecule has 0 amide bonds. The van der Waals surface area contributed by atoms with E-state index in [0.29, 0.717) is 12.0 Å². The molecule has 7 atom stereocenters. The standard InChI is InChI=1S/C27H34O5/c1-16-18-11-13-31-21(18)14-19-23(16)20(28)15-27(30)25(2,3)22(10-12-26(19,27)4)32-24(29)17-8-6-5-7-9-17/h5-9,11,13,16,19-20,22-23,28,30H,10,12,14-15H2,1-4H3. The number of aliphatic hydroxyl groups excluding tert-OH is 1. The lowest BCUT2D eigenvalue weighted by Crippen LogP contribution is -2.72. The zero-order chi connectivity index (χ0) is 22.9. The van der Waals surface area contributed by atoms with Crippen molar-refractivity contribution < 1.29 is 24.2 Å². The summed E-state index contributed by atoms with van der Waals surface area (Å²) in [5, 5.41) is 23.7. The fraction of sp³-hybridized carbons (Fsp3) is 0.593. The largest absolute Gasteiger partial charge is 0.469 e. The maximum absolute atomic E-state index is 12.8. The molecule has 5 nitrogen and oxygen atoms in total. The number of esters is 1. The molecule has 3 aliphatic carbocycles. The topological polar surface area (TPSA) is 79.9 Å². The van der Waals surface area contributed by atoms with E-state index in [9.17, 15) is 15.0 Å². The first-order valence-electron chi connectivity index (χ1n) is 11.8. The average molecular weight is 439 g/mol. The van der Waals surface area contributed by atoms with Crippen molar-refractivity contribution in [3.8, 4) is 0 Å². The summed E-state index contributed by atoms with van der Waals surface area (Å²) in [6.07, 6.45) is 3.10. The molecule has 1 aromatic heterocycles. The SMILES string of the molecule is CC1c2ccoc2CC2C1C(O)CC1(O)C(C)(C)C(OC(=O)c3ccccc3)CCC21C. The van der Waals surface area contributed by atoms with Crippen LogP contribution in [0.5, 0.6) is 0 Å². The number of fused-ring (bicyclic) bond motifs is 4. The first-order chi connectivity index (χ1) is 15.1. The number of carbonyl (C=O) groups is 1. The van der Waals surface area contributed by atoms with Gasteiger partial charge in [-0.1, -0.05) is 45.9 Å². The van der Waals surface area contributed by atoms with Crippen LogP contribution < -0.4 is 0 Å². The Balaban J connectivity index is 1.49. The van der Waals surface area contributed by atoms with Crippen molar-refractivity contribution in [2.45, 2.75) is 77.1 Å². The first-order valence-corrected chi connectivity index (χ1v) is 11.8. The molecule has 3 aliphatic rings. The van der Waals surface area contributed by atoms with Crippen LogP contribution in [0.15, 0.2) is 47.1 Å². The number of hydrogen-bond acceptors (Lipinski definition) is 5. The molecule has 2 saturated carbocycles. The second-order valence-corrected chi connectivity index (χ2v) is 11.0. The van der Waals surface area contributed by atoms with Crippen molar-refractivity contribution in [1.82, 2.24) is 0 Å². The monoisotopic (exact) mass is 438 g/mol. The lowest BCUT2D eigenvalue weighted by atomic mass is 9.40. The smallest absolute Gasteiger partial charge is 0.338 e. The van der Waals surface area contributed by atoms with Crippen molar-refractivity contribution in [1.29, 1.82) is 0 Å². The minimum Gasteiger partial charge on any atom is -0.469 e. The summed E-state index contributed by atoms with van der Waals surface area (Å²) in [5.74, 6) is 0.957. The Bertz CT molecular complexity index is 1010. The van der Waals surface area contributed by atoms with Gasteiger partial charge in [-0.25, -0.2) is 4.79 Å². The van der Waals surface area contributed by atoms with Gasteiger partial charge >= 0.3 is 5.97 Å². The summed E-state index contributed by atoms with van der Waals surface area (Å²) >= 11 is 0. The van der Waals surface area contributed by atoms with Gasteiger partial charge in [-0.15, -0.1) is 0 Å². The van der Waals surface area contributed by atoms with Crippen LogP contribution in [0.25, 0.3) is 0 Å². The highest BCUT2D eigenvalue weighted by atomic mass is 16.5. The third-order valence-electron chi connectivity index (χ3n) is 9.49. The van der Waals surface area contributed by atoms with Crippen LogP contribution in [0.1, 0.15) is 74.6 Å². The summed E-state index contributed by atoms with van der Waals surface area (Å²) in [6, 6.07) is 11.0. The molecule has 7 unspecified atom stereocenters. The van der Waals surface area contributed by atoms with Crippen LogP contribution >= 0.6 is 0 Å². The Morgan fingerprint density at radius 2 is 1.88 bits per heavy atom. The van der Waals surface area contributed by atoms with Gasteiger partial charge in [0, 0.05) is 23.7 Å². The Labute approximate surface area is 189 Å². The molecule has 1 aromatic carbocycles. The van der Waals surface area contributed by atoms with E-state index in [4.69, 9.17) is 9.15 Å². The van der Waals surface area contributed by atoms with E-state index < -0.39 is 28.6 Å². The summed E-state index contributed by atoms with van der Waals surface area (Å²) in [4.78, 5) is 12.8. The van der Waals surface area contributed by atoms with Gasteiger partial charge in [0.15, 0.2) is 0 Å². The third kappa shape index (κ3) is 2.80. The van der Waals surface area contributed by atoms with Crippen LogP contribution in [0, 0.1) is 22.7 Å². The predicted octanol–water partition coefficient (Wildman–Crippen LogP) is 4.72. The summed E-state index contributed by atoms with van der Waals surface area (Å²) < 4.78 is 11.8. The molecule has 1 heterocycles. The average Bonchev–Trinajstić information content (AvgIpc) is 3.23. The number of rotatable bonds is 2. The van der Waals surface area contributed by atoms with Crippen LogP contribution in [-0.4, -0.2) is 34.0 Å². The molecule has 2 N–H and O–H groups in total. The van der Waals surface area contributed by atoms with Crippen LogP contribution in [0.2, 0.25) is 0 Å². The number of carbonyl (C=O) groups excluding carboxylic acids is 1. The van der Waals surface area contributed by atoms with Gasteiger partial charge in [0.25, 0.3) is 0 Å². The maximum Gasteiger partial charge on any atom is 0.338 e. The molecule has 0 aliphatic heterocycles. The van der Waals surface area contributed by atoms with Gasteiger partial charge in [0.1, 0.15) is 11.9 Å².